The Morgan fingerprint density at radius 3 is 2.95 bits per heavy atom. The number of halogens is 1. The van der Waals surface area contributed by atoms with Gasteiger partial charge in [0.15, 0.2) is 5.65 Å². The Hall–Kier alpha value is -1.99. The molecule has 7 heteroatoms. The van der Waals surface area contributed by atoms with E-state index in [0.717, 1.165) is 21.0 Å². The first-order valence-corrected chi connectivity index (χ1v) is 6.84. The van der Waals surface area contributed by atoms with Crippen LogP contribution in [0.25, 0.3) is 11.2 Å². The first-order chi connectivity index (χ1) is 9.65. The molecule has 3 N–H and O–H groups in total. The van der Waals surface area contributed by atoms with Gasteiger partial charge in [0.25, 0.3) is 0 Å². The molecule has 2 heterocycles. The monoisotopic (exact) mass is 289 g/mol. The number of aromatic amines is 1. The molecule has 0 unspecified atom stereocenters. The first-order valence-electron chi connectivity index (χ1n) is 6.02. The third-order valence-electron chi connectivity index (χ3n) is 2.86. The topological polar surface area (TPSA) is 80.5 Å². The maximum atomic E-state index is 13.3. The zero-order valence-corrected chi connectivity index (χ0v) is 11.5. The average molecular weight is 289 g/mol. The van der Waals surface area contributed by atoms with Crippen LogP contribution in [0.15, 0.2) is 40.8 Å². The largest absolute Gasteiger partial charge is 0.341 e. The van der Waals surface area contributed by atoms with Crippen molar-refractivity contribution in [1.29, 1.82) is 0 Å². The third kappa shape index (κ3) is 2.37. The number of H-pyrrole nitrogens is 1. The number of rotatable bonds is 3. The van der Waals surface area contributed by atoms with E-state index in [4.69, 9.17) is 5.73 Å². The van der Waals surface area contributed by atoms with Crippen molar-refractivity contribution < 1.29 is 4.39 Å². The Morgan fingerprint density at radius 1 is 1.30 bits per heavy atom. The number of hydrogen-bond acceptors (Lipinski definition) is 5. The summed E-state index contributed by atoms with van der Waals surface area (Å²) in [5.74, 6) is -0.295. The first kappa shape index (κ1) is 13.0. The van der Waals surface area contributed by atoms with Gasteiger partial charge in [-0.3, -0.25) is 0 Å². The van der Waals surface area contributed by atoms with E-state index in [2.05, 4.69) is 19.9 Å². The number of benzene rings is 1. The summed E-state index contributed by atoms with van der Waals surface area (Å²) in [5.41, 5.74) is 8.01. The minimum Gasteiger partial charge on any atom is -0.341 e. The van der Waals surface area contributed by atoms with Crippen LogP contribution in [0.1, 0.15) is 18.5 Å². The van der Waals surface area contributed by atoms with Crippen molar-refractivity contribution in [3.8, 4) is 0 Å². The molecule has 0 aliphatic heterocycles. The fourth-order valence-corrected chi connectivity index (χ4v) is 2.95. The van der Waals surface area contributed by atoms with Crippen LogP contribution in [0.5, 0.6) is 0 Å². The Bertz CT molecular complexity index is 755. The zero-order valence-electron chi connectivity index (χ0n) is 10.7. The Morgan fingerprint density at radius 2 is 2.15 bits per heavy atom. The van der Waals surface area contributed by atoms with Gasteiger partial charge in [0.05, 0.1) is 6.33 Å². The zero-order chi connectivity index (χ0) is 14.1. The van der Waals surface area contributed by atoms with Gasteiger partial charge in [0, 0.05) is 10.9 Å². The third-order valence-corrected chi connectivity index (χ3v) is 3.95. The van der Waals surface area contributed by atoms with E-state index in [-0.39, 0.29) is 11.9 Å². The van der Waals surface area contributed by atoms with Crippen molar-refractivity contribution in [2.75, 3.05) is 0 Å². The maximum Gasteiger partial charge on any atom is 0.181 e. The molecule has 0 aliphatic carbocycles. The lowest BCUT2D eigenvalue weighted by atomic mass is 10.1. The number of aromatic nitrogens is 4. The molecular formula is C13H12FN5S. The molecule has 2 aromatic heterocycles. The van der Waals surface area contributed by atoms with E-state index in [0.29, 0.717) is 5.65 Å². The lowest BCUT2D eigenvalue weighted by molar-refractivity contribution is 0.619. The highest BCUT2D eigenvalue weighted by Gasteiger charge is 2.13. The SMILES string of the molecule is C[C@H](N)c1cc(F)ccc1Sc1ncnc2nc[nH]c12. The van der Waals surface area contributed by atoms with E-state index < -0.39 is 0 Å². The summed E-state index contributed by atoms with van der Waals surface area (Å²) in [6, 6.07) is 4.33. The second-order valence-electron chi connectivity index (χ2n) is 4.35. The van der Waals surface area contributed by atoms with Gasteiger partial charge in [0.2, 0.25) is 0 Å². The molecule has 1 atom stereocenters. The summed E-state index contributed by atoms with van der Waals surface area (Å²) in [5, 5.41) is 0.737. The van der Waals surface area contributed by atoms with Crippen molar-refractivity contribution in [3.63, 3.8) is 0 Å². The van der Waals surface area contributed by atoms with Crippen LogP contribution < -0.4 is 5.73 Å². The van der Waals surface area contributed by atoms with Crippen molar-refractivity contribution in [2.45, 2.75) is 22.9 Å². The molecule has 0 radical (unpaired) electrons. The highest BCUT2D eigenvalue weighted by Crippen LogP contribution is 2.34. The highest BCUT2D eigenvalue weighted by molar-refractivity contribution is 7.99. The van der Waals surface area contributed by atoms with Crippen molar-refractivity contribution in [2.24, 2.45) is 5.73 Å². The van der Waals surface area contributed by atoms with E-state index >= 15 is 0 Å². The normalized spacial score (nSPS) is 12.8. The Kier molecular flexibility index (Phi) is 3.37. The molecule has 20 heavy (non-hydrogen) atoms. The second-order valence-corrected chi connectivity index (χ2v) is 5.38. The quantitative estimate of drug-likeness (QED) is 0.724. The van der Waals surface area contributed by atoms with Crippen LogP contribution in [0.3, 0.4) is 0 Å². The molecule has 0 fully saturated rings. The van der Waals surface area contributed by atoms with Crippen molar-refractivity contribution in [3.05, 3.63) is 42.2 Å². The predicted molar refractivity (Wildman–Crippen MR) is 74.8 cm³/mol. The number of hydrogen-bond donors (Lipinski definition) is 2. The summed E-state index contributed by atoms with van der Waals surface area (Å²) in [4.78, 5) is 16.3. The molecule has 0 amide bonds. The summed E-state index contributed by atoms with van der Waals surface area (Å²) in [6.07, 6.45) is 3.03. The molecule has 3 rings (SSSR count). The molecular weight excluding hydrogens is 277 g/mol. The van der Waals surface area contributed by atoms with Gasteiger partial charge >= 0.3 is 0 Å². The van der Waals surface area contributed by atoms with Gasteiger partial charge in [-0.1, -0.05) is 11.8 Å². The summed E-state index contributed by atoms with van der Waals surface area (Å²) in [6.45, 7) is 1.82. The number of imidazole rings is 1. The number of fused-ring (bicyclic) bond motifs is 1. The predicted octanol–water partition coefficient (Wildman–Crippen LogP) is 2.66. The van der Waals surface area contributed by atoms with Crippen molar-refractivity contribution >= 4 is 22.9 Å². The summed E-state index contributed by atoms with van der Waals surface area (Å²) < 4.78 is 13.3. The van der Waals surface area contributed by atoms with E-state index in [1.807, 2.05) is 6.92 Å². The smallest absolute Gasteiger partial charge is 0.181 e. The lowest BCUT2D eigenvalue weighted by Crippen LogP contribution is -2.07. The van der Waals surface area contributed by atoms with E-state index in [9.17, 15) is 4.39 Å². The van der Waals surface area contributed by atoms with Gasteiger partial charge in [-0.05, 0) is 30.7 Å². The van der Waals surface area contributed by atoms with Gasteiger partial charge in [-0.15, -0.1) is 0 Å². The minimum absolute atomic E-state index is 0.257. The molecule has 0 spiro atoms. The molecule has 0 saturated heterocycles. The summed E-state index contributed by atoms with van der Waals surface area (Å²) >= 11 is 1.42. The molecule has 0 aliphatic rings. The Balaban J connectivity index is 2.05. The summed E-state index contributed by atoms with van der Waals surface area (Å²) in [7, 11) is 0. The van der Waals surface area contributed by atoms with Gasteiger partial charge in [0.1, 0.15) is 22.7 Å². The van der Waals surface area contributed by atoms with Crippen LogP contribution in [0.4, 0.5) is 4.39 Å². The Labute approximate surface area is 118 Å². The van der Waals surface area contributed by atoms with Crippen molar-refractivity contribution in [1.82, 2.24) is 19.9 Å². The van der Waals surface area contributed by atoms with Crippen LogP contribution in [0, 0.1) is 5.82 Å². The van der Waals surface area contributed by atoms with Gasteiger partial charge in [-0.2, -0.15) is 0 Å². The molecule has 102 valence electrons. The van der Waals surface area contributed by atoms with E-state index in [1.54, 1.807) is 12.4 Å². The van der Waals surface area contributed by atoms with Crippen LogP contribution in [0.2, 0.25) is 0 Å². The average Bonchev–Trinajstić information content (AvgIpc) is 2.90. The second kappa shape index (κ2) is 5.18. The minimum atomic E-state index is -0.295. The number of nitrogens with zero attached hydrogens (tertiary/aromatic N) is 3. The molecule has 0 saturated carbocycles. The highest BCUT2D eigenvalue weighted by atomic mass is 32.2. The molecule has 3 aromatic rings. The number of nitrogens with two attached hydrogens (primary N) is 1. The fourth-order valence-electron chi connectivity index (χ4n) is 1.89. The lowest BCUT2D eigenvalue weighted by Gasteiger charge is -2.12. The van der Waals surface area contributed by atoms with Crippen LogP contribution in [-0.4, -0.2) is 19.9 Å². The van der Waals surface area contributed by atoms with Crippen LogP contribution in [-0.2, 0) is 0 Å². The standard InChI is InChI=1S/C13H12FN5S/c1-7(15)9-4-8(14)2-3-10(9)20-13-11-12(17-5-16-11)18-6-19-13/h2-7H,15H2,1H3,(H,16,17,18,19)/t7-/m0/s1. The molecule has 1 aromatic carbocycles. The molecule has 0 bridgehead atoms. The van der Waals surface area contributed by atoms with Gasteiger partial charge < -0.3 is 10.7 Å². The maximum absolute atomic E-state index is 13.3. The van der Waals surface area contributed by atoms with Gasteiger partial charge in [-0.25, -0.2) is 19.3 Å². The number of nitrogens with one attached hydrogen (secondary N) is 1. The van der Waals surface area contributed by atoms with E-state index in [1.165, 1.54) is 30.2 Å². The van der Waals surface area contributed by atoms with Crippen LogP contribution >= 0.6 is 11.8 Å². The fraction of sp³-hybridized carbons (Fsp3) is 0.154. The molecule has 5 nitrogen and oxygen atoms in total.